The molecule has 0 aromatic heterocycles. The van der Waals surface area contributed by atoms with Crippen LogP contribution in [0.15, 0.2) is 52.9 Å². The molecule has 0 radical (unpaired) electrons. The van der Waals surface area contributed by atoms with Gasteiger partial charge < -0.3 is 14.5 Å². The summed E-state index contributed by atoms with van der Waals surface area (Å²) in [4.78, 5) is 41.7. The number of allylic oxidation sites excluding steroid dienone is 2. The van der Waals surface area contributed by atoms with E-state index in [2.05, 4.69) is 0 Å². The molecule has 2 fully saturated rings. The Hall–Kier alpha value is -2.89. The fourth-order valence-corrected chi connectivity index (χ4v) is 3.24. The largest absolute Gasteiger partial charge is 0.462 e. The lowest BCUT2D eigenvalue weighted by Crippen LogP contribution is -2.30. The van der Waals surface area contributed by atoms with Gasteiger partial charge in [-0.1, -0.05) is 18.2 Å². The highest BCUT2D eigenvalue weighted by atomic mass is 16.5. The molecule has 0 N–H and O–H groups in total. The van der Waals surface area contributed by atoms with Gasteiger partial charge in [0.15, 0.2) is 0 Å². The van der Waals surface area contributed by atoms with Crippen molar-refractivity contribution in [1.29, 1.82) is 0 Å². The molecule has 0 unspecified atom stereocenters. The van der Waals surface area contributed by atoms with Crippen molar-refractivity contribution >= 4 is 17.5 Å². The van der Waals surface area contributed by atoms with E-state index >= 15 is 0 Å². The molecule has 2 aliphatic heterocycles. The summed E-state index contributed by atoms with van der Waals surface area (Å²) in [5.74, 6) is -0.599. The maximum absolute atomic E-state index is 13.0. The Kier molecular flexibility index (Phi) is 4.11. The SMILES string of the molecule is CC1=C(N2CC2)C(=O)C(CCOC(=O)c2ccccc2)=C(N2CC2)C1=O. The first kappa shape index (κ1) is 16.6. The second kappa shape index (κ2) is 6.44. The maximum Gasteiger partial charge on any atom is 0.338 e. The Balaban J connectivity index is 1.50. The first-order valence-corrected chi connectivity index (χ1v) is 8.83. The van der Waals surface area contributed by atoms with Gasteiger partial charge in [0.25, 0.3) is 0 Å². The quantitative estimate of drug-likeness (QED) is 0.440. The number of hydrogen-bond donors (Lipinski definition) is 0. The fourth-order valence-electron chi connectivity index (χ4n) is 3.24. The number of carbonyl (C=O) groups is 3. The average molecular weight is 352 g/mol. The summed E-state index contributed by atoms with van der Waals surface area (Å²) in [5.41, 5.74) is 2.48. The summed E-state index contributed by atoms with van der Waals surface area (Å²) >= 11 is 0. The van der Waals surface area contributed by atoms with E-state index < -0.39 is 5.97 Å². The fraction of sp³-hybridized carbons (Fsp3) is 0.350. The molecule has 1 aromatic carbocycles. The lowest BCUT2D eigenvalue weighted by atomic mass is 9.89. The van der Waals surface area contributed by atoms with Gasteiger partial charge >= 0.3 is 5.97 Å². The predicted octanol–water partition coefficient (Wildman–Crippen LogP) is 1.54. The molecule has 4 rings (SSSR count). The number of nitrogens with zero attached hydrogens (tertiary/aromatic N) is 2. The van der Waals surface area contributed by atoms with Crippen molar-refractivity contribution in [3.8, 4) is 0 Å². The van der Waals surface area contributed by atoms with Gasteiger partial charge in [0.2, 0.25) is 11.6 Å². The van der Waals surface area contributed by atoms with E-state index in [0.717, 1.165) is 26.2 Å². The number of esters is 1. The summed E-state index contributed by atoms with van der Waals surface area (Å²) in [7, 11) is 0. The highest BCUT2D eigenvalue weighted by molar-refractivity contribution is 6.24. The monoisotopic (exact) mass is 352 g/mol. The number of ether oxygens (including phenoxy) is 1. The van der Waals surface area contributed by atoms with Crippen LogP contribution in [0.1, 0.15) is 23.7 Å². The molecular formula is C20H20N2O4. The van der Waals surface area contributed by atoms with Crippen molar-refractivity contribution in [3.05, 3.63) is 58.4 Å². The summed E-state index contributed by atoms with van der Waals surface area (Å²) < 4.78 is 5.32. The van der Waals surface area contributed by atoms with Crippen LogP contribution < -0.4 is 0 Å². The molecule has 1 aliphatic carbocycles. The topological polar surface area (TPSA) is 66.5 Å². The van der Waals surface area contributed by atoms with Crippen molar-refractivity contribution in [1.82, 2.24) is 9.80 Å². The van der Waals surface area contributed by atoms with Crippen LogP contribution in [0, 0.1) is 0 Å². The van der Waals surface area contributed by atoms with Crippen LogP contribution in [0.3, 0.4) is 0 Å². The van der Waals surface area contributed by atoms with Gasteiger partial charge in [0, 0.05) is 43.7 Å². The normalized spacial score (nSPS) is 19.3. The van der Waals surface area contributed by atoms with Gasteiger partial charge in [-0.15, -0.1) is 0 Å². The second-order valence-corrected chi connectivity index (χ2v) is 6.69. The maximum atomic E-state index is 13.0. The van der Waals surface area contributed by atoms with Crippen molar-refractivity contribution < 1.29 is 19.1 Å². The highest BCUT2D eigenvalue weighted by Crippen LogP contribution is 2.35. The third-order valence-electron chi connectivity index (χ3n) is 4.81. The summed E-state index contributed by atoms with van der Waals surface area (Å²) in [6, 6.07) is 8.73. The molecule has 2 heterocycles. The van der Waals surface area contributed by atoms with E-state index in [1.165, 1.54) is 0 Å². The van der Waals surface area contributed by atoms with Crippen LogP contribution in [0.5, 0.6) is 0 Å². The standard InChI is InChI=1S/C20H20N2O4/c1-13-16(21-8-9-21)19(24)15(17(18(13)23)22-10-11-22)7-12-26-20(25)14-5-3-2-4-6-14/h2-6H,7-12H2,1H3. The summed E-state index contributed by atoms with van der Waals surface area (Å²) in [6.07, 6.45) is 0.250. The molecule has 0 atom stereocenters. The summed E-state index contributed by atoms with van der Waals surface area (Å²) in [5, 5.41) is 0. The number of rotatable bonds is 6. The minimum atomic E-state index is -0.424. The number of ketones is 2. The van der Waals surface area contributed by atoms with E-state index in [9.17, 15) is 14.4 Å². The molecular weight excluding hydrogens is 332 g/mol. The van der Waals surface area contributed by atoms with Crippen molar-refractivity contribution in [2.24, 2.45) is 0 Å². The molecule has 134 valence electrons. The Bertz CT molecular complexity index is 846. The molecule has 3 aliphatic rings. The van der Waals surface area contributed by atoms with Crippen molar-refractivity contribution in [3.63, 3.8) is 0 Å². The van der Waals surface area contributed by atoms with Gasteiger partial charge in [0.1, 0.15) is 0 Å². The minimum Gasteiger partial charge on any atom is -0.462 e. The Labute approximate surface area is 151 Å². The number of Topliss-reactive ketones (excluding diaryl/α,β-unsaturated/α-hetero) is 2. The zero-order valence-electron chi connectivity index (χ0n) is 14.7. The Morgan fingerprint density at radius 2 is 1.58 bits per heavy atom. The van der Waals surface area contributed by atoms with Crippen molar-refractivity contribution in [2.45, 2.75) is 13.3 Å². The van der Waals surface area contributed by atoms with Crippen molar-refractivity contribution in [2.75, 3.05) is 32.8 Å². The molecule has 2 saturated heterocycles. The van der Waals surface area contributed by atoms with Crippen LogP contribution >= 0.6 is 0 Å². The Morgan fingerprint density at radius 3 is 2.19 bits per heavy atom. The van der Waals surface area contributed by atoms with Crippen LogP contribution in [0.2, 0.25) is 0 Å². The lowest BCUT2D eigenvalue weighted by molar-refractivity contribution is -0.118. The van der Waals surface area contributed by atoms with Crippen LogP contribution in [0.25, 0.3) is 0 Å². The minimum absolute atomic E-state index is 0.0751. The number of benzene rings is 1. The van der Waals surface area contributed by atoms with Crippen LogP contribution in [-0.4, -0.2) is 60.1 Å². The van der Waals surface area contributed by atoms with Gasteiger partial charge in [-0.25, -0.2) is 4.79 Å². The summed E-state index contributed by atoms with van der Waals surface area (Å²) in [6.45, 7) is 4.99. The van der Waals surface area contributed by atoms with Gasteiger partial charge in [-0.05, 0) is 19.1 Å². The van der Waals surface area contributed by atoms with E-state index in [4.69, 9.17) is 4.74 Å². The van der Waals surface area contributed by atoms with E-state index in [1.54, 1.807) is 31.2 Å². The van der Waals surface area contributed by atoms with E-state index in [1.807, 2.05) is 15.9 Å². The molecule has 0 amide bonds. The molecule has 1 aromatic rings. The second-order valence-electron chi connectivity index (χ2n) is 6.69. The van der Waals surface area contributed by atoms with E-state index in [0.29, 0.717) is 28.1 Å². The first-order chi connectivity index (χ1) is 12.6. The highest BCUT2D eigenvalue weighted by Gasteiger charge is 2.41. The third kappa shape index (κ3) is 3.03. The zero-order chi connectivity index (χ0) is 18.3. The lowest BCUT2D eigenvalue weighted by Gasteiger charge is -2.23. The number of carbonyl (C=O) groups excluding carboxylic acids is 3. The molecule has 0 spiro atoms. The first-order valence-electron chi connectivity index (χ1n) is 8.83. The molecule has 0 bridgehead atoms. The predicted molar refractivity (Wildman–Crippen MR) is 94.2 cm³/mol. The zero-order valence-corrected chi connectivity index (χ0v) is 14.7. The smallest absolute Gasteiger partial charge is 0.338 e. The van der Waals surface area contributed by atoms with Gasteiger partial charge in [0.05, 0.1) is 23.6 Å². The number of hydrogen-bond acceptors (Lipinski definition) is 6. The van der Waals surface area contributed by atoms with Crippen LogP contribution in [0.4, 0.5) is 0 Å². The van der Waals surface area contributed by atoms with Gasteiger partial charge in [-0.3, -0.25) is 9.59 Å². The average Bonchev–Trinajstić information content (AvgIpc) is 3.53. The Morgan fingerprint density at radius 1 is 0.962 bits per heavy atom. The molecule has 6 heteroatoms. The molecule has 0 saturated carbocycles. The van der Waals surface area contributed by atoms with Gasteiger partial charge in [-0.2, -0.15) is 0 Å². The molecule has 26 heavy (non-hydrogen) atoms. The third-order valence-corrected chi connectivity index (χ3v) is 4.81. The molecule has 6 nitrogen and oxygen atoms in total. The van der Waals surface area contributed by atoms with Crippen LogP contribution in [-0.2, 0) is 14.3 Å². The van der Waals surface area contributed by atoms with E-state index in [-0.39, 0.29) is 24.6 Å².